The van der Waals surface area contributed by atoms with E-state index in [-0.39, 0.29) is 12.1 Å². The molecule has 3 nitrogen and oxygen atoms in total. The van der Waals surface area contributed by atoms with Gasteiger partial charge in [0, 0.05) is 6.04 Å². The lowest BCUT2D eigenvalue weighted by Gasteiger charge is -2.28. The van der Waals surface area contributed by atoms with Crippen molar-refractivity contribution in [2.75, 3.05) is 0 Å². The fourth-order valence-electron chi connectivity index (χ4n) is 2.23. The summed E-state index contributed by atoms with van der Waals surface area (Å²) in [5.74, 6) is 0.619. The molecule has 0 aromatic rings. The molecule has 0 saturated heterocycles. The molecule has 1 fully saturated rings. The van der Waals surface area contributed by atoms with Gasteiger partial charge in [0.05, 0.1) is 0 Å². The highest BCUT2D eigenvalue weighted by Gasteiger charge is 2.23. The lowest BCUT2D eigenvalue weighted by Crippen LogP contribution is -2.40. The van der Waals surface area contributed by atoms with E-state index < -0.39 is 5.60 Å². The van der Waals surface area contributed by atoms with Gasteiger partial charge in [-0.15, -0.1) is 0 Å². The molecular formula is C16H27NO2. The Morgan fingerprint density at radius 1 is 1.26 bits per heavy atom. The number of carbonyl (C=O) groups excluding carboxylic acids is 1. The zero-order chi connectivity index (χ0) is 14.5. The molecular weight excluding hydrogens is 238 g/mol. The third kappa shape index (κ3) is 7.04. The third-order valence-electron chi connectivity index (χ3n) is 3.15. The van der Waals surface area contributed by atoms with Crippen LogP contribution in [0.3, 0.4) is 0 Å². The minimum absolute atomic E-state index is 0.254. The van der Waals surface area contributed by atoms with Crippen LogP contribution in [0.1, 0.15) is 53.4 Å². The van der Waals surface area contributed by atoms with Crippen LogP contribution in [0.15, 0.2) is 24.3 Å². The summed E-state index contributed by atoms with van der Waals surface area (Å²) >= 11 is 0. The van der Waals surface area contributed by atoms with Gasteiger partial charge in [-0.2, -0.15) is 0 Å². The molecule has 19 heavy (non-hydrogen) atoms. The summed E-state index contributed by atoms with van der Waals surface area (Å²) in [4.78, 5) is 11.7. The van der Waals surface area contributed by atoms with E-state index in [1.54, 1.807) is 0 Å². The first-order chi connectivity index (χ1) is 8.76. The van der Waals surface area contributed by atoms with Crippen LogP contribution < -0.4 is 5.32 Å². The van der Waals surface area contributed by atoms with Crippen molar-refractivity contribution in [3.05, 3.63) is 24.3 Å². The first-order valence-electron chi connectivity index (χ1n) is 7.09. The van der Waals surface area contributed by atoms with Gasteiger partial charge in [0.25, 0.3) is 0 Å². The number of alkyl carbamates (subject to hydrolysis) is 1. The molecule has 1 saturated carbocycles. The summed E-state index contributed by atoms with van der Waals surface area (Å²) in [6.07, 6.45) is 8.30. The highest BCUT2D eigenvalue weighted by molar-refractivity contribution is 5.68. The largest absolute Gasteiger partial charge is 0.444 e. The molecule has 0 unspecified atom stereocenters. The Morgan fingerprint density at radius 3 is 2.32 bits per heavy atom. The molecule has 0 spiro atoms. The molecule has 1 amide bonds. The Balaban J connectivity index is 2.30. The van der Waals surface area contributed by atoms with Crippen LogP contribution >= 0.6 is 0 Å². The van der Waals surface area contributed by atoms with Gasteiger partial charge >= 0.3 is 6.09 Å². The van der Waals surface area contributed by atoms with E-state index >= 15 is 0 Å². The Labute approximate surface area is 117 Å². The molecule has 0 aliphatic heterocycles. The fourth-order valence-corrected chi connectivity index (χ4v) is 2.23. The summed E-state index contributed by atoms with van der Waals surface area (Å²) in [5, 5.41) is 2.96. The highest BCUT2D eigenvalue weighted by atomic mass is 16.6. The van der Waals surface area contributed by atoms with Crippen molar-refractivity contribution >= 4 is 6.09 Å². The van der Waals surface area contributed by atoms with E-state index in [0.29, 0.717) is 5.92 Å². The molecule has 1 rings (SSSR count). The predicted molar refractivity (Wildman–Crippen MR) is 79.1 cm³/mol. The number of amides is 1. The van der Waals surface area contributed by atoms with Gasteiger partial charge < -0.3 is 10.1 Å². The van der Waals surface area contributed by atoms with Crippen LogP contribution in [-0.4, -0.2) is 17.7 Å². The fraction of sp³-hybridized carbons (Fsp3) is 0.688. The predicted octanol–water partition coefficient (Wildman–Crippen LogP) is 4.20. The molecule has 1 aliphatic rings. The standard InChI is InChI=1S/C16H27NO2/c1-12(2)6-7-13-8-10-14(11-9-13)17-15(18)19-16(3,4)5/h6-7,13-14H,1,8-11H2,2-5H3,(H,17,18)/t13-,14-. The average Bonchev–Trinajstić information content (AvgIpc) is 2.25. The second kappa shape index (κ2) is 6.78. The molecule has 0 atom stereocenters. The maximum absolute atomic E-state index is 11.7. The minimum atomic E-state index is -0.425. The lowest BCUT2D eigenvalue weighted by molar-refractivity contribution is 0.0490. The first kappa shape index (κ1) is 15.8. The molecule has 0 heterocycles. The molecule has 3 heteroatoms. The van der Waals surface area contributed by atoms with Gasteiger partial charge in [0.2, 0.25) is 0 Å². The second-order valence-electron chi connectivity index (χ2n) is 6.46. The summed E-state index contributed by atoms with van der Waals surface area (Å²) < 4.78 is 5.27. The molecule has 108 valence electrons. The quantitative estimate of drug-likeness (QED) is 0.777. The van der Waals surface area contributed by atoms with Crippen molar-refractivity contribution in [1.29, 1.82) is 0 Å². The highest BCUT2D eigenvalue weighted by Crippen LogP contribution is 2.25. The molecule has 0 bridgehead atoms. The average molecular weight is 265 g/mol. The molecule has 0 aromatic carbocycles. The Bertz CT molecular complexity index is 344. The number of carbonyl (C=O) groups is 1. The number of rotatable bonds is 3. The number of allylic oxidation sites excluding steroid dienone is 3. The summed E-state index contributed by atoms with van der Waals surface area (Å²) in [7, 11) is 0. The van der Waals surface area contributed by atoms with Gasteiger partial charge in [-0.25, -0.2) is 4.79 Å². The van der Waals surface area contributed by atoms with E-state index in [4.69, 9.17) is 4.74 Å². The van der Waals surface area contributed by atoms with Gasteiger partial charge in [0.15, 0.2) is 0 Å². The third-order valence-corrected chi connectivity index (χ3v) is 3.15. The molecule has 1 N–H and O–H groups in total. The maximum atomic E-state index is 11.7. The lowest BCUT2D eigenvalue weighted by atomic mass is 9.85. The zero-order valence-electron chi connectivity index (χ0n) is 12.7. The normalized spacial score (nSPS) is 24.2. The van der Waals surface area contributed by atoms with Crippen LogP contribution in [0.25, 0.3) is 0 Å². The van der Waals surface area contributed by atoms with E-state index in [9.17, 15) is 4.79 Å². The Morgan fingerprint density at radius 2 is 1.84 bits per heavy atom. The van der Waals surface area contributed by atoms with E-state index in [1.807, 2.05) is 27.7 Å². The van der Waals surface area contributed by atoms with Crippen LogP contribution in [0, 0.1) is 5.92 Å². The van der Waals surface area contributed by atoms with Crippen LogP contribution in [0.5, 0.6) is 0 Å². The summed E-state index contributed by atoms with van der Waals surface area (Å²) in [5.41, 5.74) is 0.667. The smallest absolute Gasteiger partial charge is 0.407 e. The molecule has 0 aromatic heterocycles. The zero-order valence-corrected chi connectivity index (χ0v) is 12.7. The van der Waals surface area contributed by atoms with Gasteiger partial charge in [-0.05, 0) is 59.3 Å². The number of hydrogen-bond donors (Lipinski definition) is 1. The monoisotopic (exact) mass is 265 g/mol. The Hall–Kier alpha value is -1.25. The van der Waals surface area contributed by atoms with Gasteiger partial charge in [-0.1, -0.05) is 24.3 Å². The SMILES string of the molecule is C=C(C)C=C[C@H]1CC[C@H](NC(=O)OC(C)(C)C)CC1. The summed E-state index contributed by atoms with van der Waals surface area (Å²) in [6.45, 7) is 11.5. The first-order valence-corrected chi connectivity index (χ1v) is 7.09. The van der Waals surface area contributed by atoms with Gasteiger partial charge in [0.1, 0.15) is 5.60 Å². The summed E-state index contributed by atoms with van der Waals surface area (Å²) in [6, 6.07) is 0.254. The molecule has 0 radical (unpaired) electrons. The van der Waals surface area contributed by atoms with Crippen LogP contribution in [0.2, 0.25) is 0 Å². The van der Waals surface area contributed by atoms with Crippen LogP contribution in [-0.2, 0) is 4.74 Å². The van der Waals surface area contributed by atoms with Gasteiger partial charge in [-0.3, -0.25) is 0 Å². The maximum Gasteiger partial charge on any atom is 0.407 e. The van der Waals surface area contributed by atoms with Crippen molar-refractivity contribution in [3.63, 3.8) is 0 Å². The topological polar surface area (TPSA) is 38.3 Å². The van der Waals surface area contributed by atoms with E-state index in [2.05, 4.69) is 24.0 Å². The molecule has 1 aliphatic carbocycles. The van der Waals surface area contributed by atoms with Crippen LogP contribution in [0.4, 0.5) is 4.79 Å². The van der Waals surface area contributed by atoms with Crippen molar-refractivity contribution < 1.29 is 9.53 Å². The van der Waals surface area contributed by atoms with Crippen molar-refractivity contribution in [2.24, 2.45) is 5.92 Å². The van der Waals surface area contributed by atoms with E-state index in [1.165, 1.54) is 0 Å². The number of hydrogen-bond acceptors (Lipinski definition) is 2. The second-order valence-corrected chi connectivity index (χ2v) is 6.46. The Kier molecular flexibility index (Phi) is 5.64. The number of nitrogens with one attached hydrogen (secondary N) is 1. The van der Waals surface area contributed by atoms with E-state index in [0.717, 1.165) is 31.3 Å². The number of ether oxygens (including phenoxy) is 1. The van der Waals surface area contributed by atoms with Crippen molar-refractivity contribution in [2.45, 2.75) is 65.0 Å². The van der Waals surface area contributed by atoms with Crippen molar-refractivity contribution in [1.82, 2.24) is 5.32 Å². The minimum Gasteiger partial charge on any atom is -0.444 e. The van der Waals surface area contributed by atoms with Crippen molar-refractivity contribution in [3.8, 4) is 0 Å².